The van der Waals surface area contributed by atoms with Crippen LogP contribution in [0.2, 0.25) is 5.02 Å². The van der Waals surface area contributed by atoms with Gasteiger partial charge >= 0.3 is 17.8 Å². The number of ether oxygens (including phenoxy) is 1. The molecule has 8 heteroatoms. The van der Waals surface area contributed by atoms with Crippen LogP contribution in [0, 0.1) is 0 Å². The lowest BCUT2D eigenvalue weighted by atomic mass is 10.3. The number of rotatable bonds is 4. The van der Waals surface area contributed by atoms with Gasteiger partial charge in [0.25, 0.3) is 0 Å². The van der Waals surface area contributed by atoms with E-state index in [1.807, 2.05) is 0 Å². The Morgan fingerprint density at radius 1 is 1.25 bits per heavy atom. The fourth-order valence-electron chi connectivity index (χ4n) is 1.65. The van der Waals surface area contributed by atoms with Gasteiger partial charge in [-0.1, -0.05) is 11.6 Å². The number of likely N-dealkylation sites (N-methyl/N-ethyl adjacent to an activating group) is 1. The van der Waals surface area contributed by atoms with Crippen LogP contribution in [-0.4, -0.2) is 47.8 Å². The number of benzene rings is 1. The highest BCUT2D eigenvalue weighted by molar-refractivity contribution is 9.10. The molecule has 4 amide bonds. The second-order valence-corrected chi connectivity index (χ2v) is 5.32. The van der Waals surface area contributed by atoms with Gasteiger partial charge in [-0.2, -0.15) is 0 Å². The summed E-state index contributed by atoms with van der Waals surface area (Å²) in [5.41, 5.74) is 0. The lowest BCUT2D eigenvalue weighted by molar-refractivity contribution is -0.142. The molecule has 106 valence electrons. The van der Waals surface area contributed by atoms with Crippen molar-refractivity contribution >= 4 is 45.4 Å². The number of hydrogen-bond donors (Lipinski definition) is 0. The fraction of sp³-hybridized carbons (Fsp3) is 0.250. The third-order valence-corrected chi connectivity index (χ3v) is 3.57. The molecule has 0 aromatic heterocycles. The van der Waals surface area contributed by atoms with Gasteiger partial charge in [-0.25, -0.2) is 4.79 Å². The van der Waals surface area contributed by atoms with Crippen molar-refractivity contribution in [1.29, 1.82) is 0 Å². The van der Waals surface area contributed by atoms with Gasteiger partial charge in [0.1, 0.15) is 12.4 Å². The fourth-order valence-corrected chi connectivity index (χ4v) is 2.45. The summed E-state index contributed by atoms with van der Waals surface area (Å²) in [5, 5.41) is 0.557. The monoisotopic (exact) mass is 360 g/mol. The maximum Gasteiger partial charge on any atom is 0.334 e. The predicted molar refractivity (Wildman–Crippen MR) is 74.5 cm³/mol. The third kappa shape index (κ3) is 2.78. The maximum atomic E-state index is 11.6. The van der Waals surface area contributed by atoms with Crippen LogP contribution in [0.3, 0.4) is 0 Å². The largest absolute Gasteiger partial charge is 0.491 e. The molecule has 0 atom stereocenters. The molecule has 0 unspecified atom stereocenters. The maximum absolute atomic E-state index is 11.6. The third-order valence-electron chi connectivity index (χ3n) is 2.72. The SMILES string of the molecule is CN1C(=O)C(=O)N(CCOc2ccc(Cl)cc2Br)C1=O. The lowest BCUT2D eigenvalue weighted by Gasteiger charge is -2.14. The molecule has 6 nitrogen and oxygen atoms in total. The molecule has 1 fully saturated rings. The van der Waals surface area contributed by atoms with E-state index < -0.39 is 17.8 Å². The van der Waals surface area contributed by atoms with E-state index in [2.05, 4.69) is 15.9 Å². The molecule has 1 aromatic carbocycles. The Labute approximate surface area is 128 Å². The van der Waals surface area contributed by atoms with E-state index in [0.29, 0.717) is 15.2 Å². The summed E-state index contributed by atoms with van der Waals surface area (Å²) < 4.78 is 6.10. The van der Waals surface area contributed by atoms with Crippen LogP contribution in [-0.2, 0) is 9.59 Å². The smallest absolute Gasteiger partial charge is 0.334 e. The van der Waals surface area contributed by atoms with Crippen molar-refractivity contribution in [3.05, 3.63) is 27.7 Å². The van der Waals surface area contributed by atoms with Gasteiger partial charge in [0.2, 0.25) is 0 Å². The number of hydrogen-bond acceptors (Lipinski definition) is 4. The van der Waals surface area contributed by atoms with Crippen molar-refractivity contribution in [2.75, 3.05) is 20.2 Å². The van der Waals surface area contributed by atoms with Gasteiger partial charge in [-0.15, -0.1) is 0 Å². The van der Waals surface area contributed by atoms with Crippen LogP contribution in [0.4, 0.5) is 4.79 Å². The molecule has 0 N–H and O–H groups in total. The van der Waals surface area contributed by atoms with Crippen LogP contribution in [0.25, 0.3) is 0 Å². The minimum absolute atomic E-state index is 0.00279. The Hall–Kier alpha value is -1.60. The number of urea groups is 1. The molecule has 1 aromatic rings. The predicted octanol–water partition coefficient (Wildman–Crippen LogP) is 1.90. The first-order valence-electron chi connectivity index (χ1n) is 5.63. The minimum atomic E-state index is -0.837. The Morgan fingerprint density at radius 2 is 1.95 bits per heavy atom. The number of imide groups is 2. The topological polar surface area (TPSA) is 66.9 Å². The van der Waals surface area contributed by atoms with Crippen LogP contribution in [0.5, 0.6) is 5.75 Å². The van der Waals surface area contributed by atoms with Crippen molar-refractivity contribution < 1.29 is 19.1 Å². The zero-order valence-electron chi connectivity index (χ0n) is 10.4. The highest BCUT2D eigenvalue weighted by Gasteiger charge is 2.41. The molecule has 0 aliphatic carbocycles. The summed E-state index contributed by atoms with van der Waals surface area (Å²) >= 11 is 9.08. The molecule has 2 rings (SSSR count). The molecule has 0 radical (unpaired) electrons. The van der Waals surface area contributed by atoms with Crippen LogP contribution < -0.4 is 4.74 Å². The highest BCUT2D eigenvalue weighted by Crippen LogP contribution is 2.27. The first-order chi connectivity index (χ1) is 9.41. The second-order valence-electron chi connectivity index (χ2n) is 4.03. The van der Waals surface area contributed by atoms with Crippen molar-refractivity contribution in [1.82, 2.24) is 9.80 Å². The number of amides is 4. The van der Waals surface area contributed by atoms with Crippen molar-refractivity contribution in [2.45, 2.75) is 0 Å². The molecular weight excluding hydrogens is 351 g/mol. The number of carbonyl (C=O) groups is 3. The lowest BCUT2D eigenvalue weighted by Crippen LogP contribution is -2.35. The van der Waals surface area contributed by atoms with Crippen molar-refractivity contribution in [3.8, 4) is 5.75 Å². The average Bonchev–Trinajstić information content (AvgIpc) is 2.58. The summed E-state index contributed by atoms with van der Waals surface area (Å²) in [6, 6.07) is 4.35. The molecule has 1 aliphatic rings. The molecule has 1 aliphatic heterocycles. The van der Waals surface area contributed by atoms with E-state index in [1.165, 1.54) is 7.05 Å². The average molecular weight is 362 g/mol. The van der Waals surface area contributed by atoms with E-state index in [1.54, 1.807) is 18.2 Å². The Bertz CT molecular complexity index is 593. The number of carbonyl (C=O) groups excluding carboxylic acids is 3. The molecule has 1 heterocycles. The Balaban J connectivity index is 1.95. The molecule has 0 spiro atoms. The zero-order valence-corrected chi connectivity index (χ0v) is 12.8. The van der Waals surface area contributed by atoms with Crippen molar-refractivity contribution in [3.63, 3.8) is 0 Å². The normalized spacial score (nSPS) is 15.2. The quantitative estimate of drug-likeness (QED) is 0.607. The first kappa shape index (κ1) is 14.8. The summed E-state index contributed by atoms with van der Waals surface area (Å²) in [6.07, 6.45) is 0. The number of nitrogens with zero attached hydrogens (tertiary/aromatic N) is 2. The van der Waals surface area contributed by atoms with Gasteiger partial charge in [0, 0.05) is 12.1 Å². The van der Waals surface area contributed by atoms with Crippen molar-refractivity contribution in [2.24, 2.45) is 0 Å². The Kier molecular flexibility index (Phi) is 4.29. The summed E-state index contributed by atoms with van der Waals surface area (Å²) in [4.78, 5) is 36.1. The zero-order chi connectivity index (χ0) is 14.9. The van der Waals surface area contributed by atoms with E-state index in [9.17, 15) is 14.4 Å². The van der Waals surface area contributed by atoms with E-state index in [0.717, 1.165) is 9.80 Å². The molecular formula is C12H10BrClN2O4. The van der Waals surface area contributed by atoms with Crippen LogP contribution >= 0.6 is 27.5 Å². The van der Waals surface area contributed by atoms with E-state index in [4.69, 9.17) is 16.3 Å². The highest BCUT2D eigenvalue weighted by atomic mass is 79.9. The molecule has 20 heavy (non-hydrogen) atoms. The summed E-state index contributed by atoms with van der Waals surface area (Å²) in [7, 11) is 1.26. The van der Waals surface area contributed by atoms with Gasteiger partial charge < -0.3 is 4.74 Å². The van der Waals surface area contributed by atoms with E-state index in [-0.39, 0.29) is 13.2 Å². The number of halogens is 2. The standard InChI is InChI=1S/C12H10BrClN2O4/c1-15-10(17)11(18)16(12(15)19)4-5-20-9-3-2-7(14)6-8(9)13/h2-3,6H,4-5H2,1H3. The second kappa shape index (κ2) is 5.80. The summed E-state index contributed by atoms with van der Waals surface area (Å²) in [6.45, 7) is 0.0850. The van der Waals surface area contributed by atoms with E-state index >= 15 is 0 Å². The van der Waals surface area contributed by atoms with Crippen LogP contribution in [0.1, 0.15) is 0 Å². The molecule has 0 bridgehead atoms. The summed E-state index contributed by atoms with van der Waals surface area (Å²) in [5.74, 6) is -1.13. The molecule has 0 saturated carbocycles. The Morgan fingerprint density at radius 3 is 2.50 bits per heavy atom. The van der Waals surface area contributed by atoms with Crippen LogP contribution in [0.15, 0.2) is 22.7 Å². The minimum Gasteiger partial charge on any atom is -0.491 e. The first-order valence-corrected chi connectivity index (χ1v) is 6.80. The molecule has 1 saturated heterocycles. The van der Waals surface area contributed by atoms with Gasteiger partial charge in [0.05, 0.1) is 11.0 Å². The van der Waals surface area contributed by atoms with Gasteiger partial charge in [-0.3, -0.25) is 19.4 Å². The van der Waals surface area contributed by atoms with Gasteiger partial charge in [0.15, 0.2) is 0 Å². The van der Waals surface area contributed by atoms with Gasteiger partial charge in [-0.05, 0) is 34.1 Å².